The second-order valence-electron chi connectivity index (χ2n) is 7.04. The lowest BCUT2D eigenvalue weighted by atomic mass is 9.99. The van der Waals surface area contributed by atoms with Crippen LogP contribution in [0.2, 0.25) is 0 Å². The molecule has 0 saturated carbocycles. The van der Waals surface area contributed by atoms with E-state index in [9.17, 15) is 0 Å². The molecular formula is C21H33N5O. The van der Waals surface area contributed by atoms with Gasteiger partial charge in [0.05, 0.1) is 12.2 Å². The van der Waals surface area contributed by atoms with Gasteiger partial charge < -0.3 is 20.1 Å². The lowest BCUT2D eigenvalue weighted by Gasteiger charge is -2.19. The van der Waals surface area contributed by atoms with E-state index >= 15 is 0 Å². The molecule has 0 aliphatic heterocycles. The lowest BCUT2D eigenvalue weighted by Crippen LogP contribution is -2.36. The fourth-order valence-corrected chi connectivity index (χ4v) is 3.12. The highest BCUT2D eigenvalue weighted by molar-refractivity contribution is 5.79. The first kappa shape index (κ1) is 20.8. The summed E-state index contributed by atoms with van der Waals surface area (Å²) < 4.78 is 5.47. The number of anilines is 1. The minimum atomic E-state index is 0.464. The second kappa shape index (κ2) is 10.00. The third kappa shape index (κ3) is 5.74. The number of hydrogen-bond donors (Lipinski definition) is 2. The first-order valence-corrected chi connectivity index (χ1v) is 9.65. The van der Waals surface area contributed by atoms with Gasteiger partial charge in [-0.3, -0.25) is 4.99 Å². The summed E-state index contributed by atoms with van der Waals surface area (Å²) in [5.74, 6) is 2.02. The summed E-state index contributed by atoms with van der Waals surface area (Å²) in [6.07, 6.45) is 2.15. The molecule has 1 heterocycles. The van der Waals surface area contributed by atoms with Crippen molar-refractivity contribution in [2.75, 3.05) is 26.0 Å². The maximum absolute atomic E-state index is 5.47. The summed E-state index contributed by atoms with van der Waals surface area (Å²) in [6.45, 7) is 7.72. The van der Waals surface area contributed by atoms with Crippen molar-refractivity contribution in [3.05, 3.63) is 46.8 Å². The molecule has 6 heteroatoms. The minimum Gasteiger partial charge on any atom is -0.377 e. The zero-order valence-electron chi connectivity index (χ0n) is 17.5. The van der Waals surface area contributed by atoms with E-state index in [0.717, 1.165) is 30.3 Å². The van der Waals surface area contributed by atoms with Gasteiger partial charge in [-0.15, -0.1) is 0 Å². The van der Waals surface area contributed by atoms with E-state index in [-0.39, 0.29) is 0 Å². The number of guanidine groups is 1. The Kier molecular flexibility index (Phi) is 7.70. The van der Waals surface area contributed by atoms with Crippen molar-refractivity contribution in [3.8, 4) is 0 Å². The fraction of sp³-hybridized carbons (Fsp3) is 0.524. The molecule has 0 radical (unpaired) electrons. The highest BCUT2D eigenvalue weighted by Crippen LogP contribution is 2.22. The largest absolute Gasteiger partial charge is 0.377 e. The molecule has 0 amide bonds. The Morgan fingerprint density at radius 3 is 2.48 bits per heavy atom. The van der Waals surface area contributed by atoms with Crippen molar-refractivity contribution in [1.82, 2.24) is 15.8 Å². The summed E-state index contributed by atoms with van der Waals surface area (Å²) >= 11 is 0. The van der Waals surface area contributed by atoms with E-state index in [0.29, 0.717) is 19.0 Å². The van der Waals surface area contributed by atoms with Crippen LogP contribution >= 0.6 is 0 Å². The van der Waals surface area contributed by atoms with Gasteiger partial charge in [0.25, 0.3) is 0 Å². The van der Waals surface area contributed by atoms with Crippen LogP contribution in [0, 0.1) is 6.92 Å². The van der Waals surface area contributed by atoms with E-state index in [4.69, 9.17) is 4.52 Å². The van der Waals surface area contributed by atoms with Crippen LogP contribution in [0.1, 0.15) is 55.2 Å². The zero-order chi connectivity index (χ0) is 19.8. The number of nitrogens with one attached hydrogen (secondary N) is 2. The van der Waals surface area contributed by atoms with Crippen LogP contribution < -0.4 is 15.5 Å². The molecule has 1 aromatic carbocycles. The standard InChI is InChI=1S/C21H33N5O/c1-7-16(8-2)19-12-18(27-25-19)14-24-21(22-4)23-13-17-10-9-15(3)11-20(17)26(5)6/h9-12,16H,7-8,13-14H2,1-6H3,(H2,22,23,24). The Labute approximate surface area is 163 Å². The molecule has 0 aliphatic rings. The molecule has 0 aliphatic carbocycles. The third-order valence-electron chi connectivity index (χ3n) is 4.80. The van der Waals surface area contributed by atoms with Crippen molar-refractivity contribution >= 4 is 11.6 Å². The van der Waals surface area contributed by atoms with Gasteiger partial charge in [0.1, 0.15) is 0 Å². The molecule has 0 spiro atoms. The Bertz CT molecular complexity index is 747. The smallest absolute Gasteiger partial charge is 0.191 e. The molecule has 27 heavy (non-hydrogen) atoms. The number of rotatable bonds is 8. The van der Waals surface area contributed by atoms with Crippen molar-refractivity contribution in [1.29, 1.82) is 0 Å². The van der Waals surface area contributed by atoms with Crippen molar-refractivity contribution < 1.29 is 4.52 Å². The van der Waals surface area contributed by atoms with Crippen LogP contribution in [-0.2, 0) is 13.1 Å². The molecule has 1 aromatic heterocycles. The quantitative estimate of drug-likeness (QED) is 0.545. The Morgan fingerprint density at radius 2 is 1.85 bits per heavy atom. The summed E-state index contributed by atoms with van der Waals surface area (Å²) in [7, 11) is 5.90. The number of hydrogen-bond acceptors (Lipinski definition) is 4. The summed E-state index contributed by atoms with van der Waals surface area (Å²) in [6, 6.07) is 8.53. The maximum Gasteiger partial charge on any atom is 0.191 e. The number of aromatic nitrogens is 1. The first-order valence-electron chi connectivity index (χ1n) is 9.65. The zero-order valence-corrected chi connectivity index (χ0v) is 17.5. The van der Waals surface area contributed by atoms with Gasteiger partial charge >= 0.3 is 0 Å². The highest BCUT2D eigenvalue weighted by atomic mass is 16.5. The topological polar surface area (TPSA) is 65.7 Å². The average molecular weight is 372 g/mol. The summed E-state index contributed by atoms with van der Waals surface area (Å²) in [4.78, 5) is 6.44. The molecule has 2 aromatic rings. The molecule has 6 nitrogen and oxygen atoms in total. The number of aliphatic imine (C=N–C) groups is 1. The number of nitrogens with zero attached hydrogens (tertiary/aromatic N) is 3. The molecule has 148 valence electrons. The first-order chi connectivity index (χ1) is 13.0. The van der Waals surface area contributed by atoms with Crippen LogP contribution in [0.5, 0.6) is 0 Å². The lowest BCUT2D eigenvalue weighted by molar-refractivity contribution is 0.368. The van der Waals surface area contributed by atoms with Crippen molar-refractivity contribution in [3.63, 3.8) is 0 Å². The fourth-order valence-electron chi connectivity index (χ4n) is 3.12. The van der Waals surface area contributed by atoms with Crippen molar-refractivity contribution in [2.24, 2.45) is 4.99 Å². The van der Waals surface area contributed by atoms with E-state index in [1.165, 1.54) is 16.8 Å². The van der Waals surface area contributed by atoms with Crippen molar-refractivity contribution in [2.45, 2.75) is 52.6 Å². The van der Waals surface area contributed by atoms with Gasteiger partial charge in [-0.1, -0.05) is 31.1 Å². The van der Waals surface area contributed by atoms with Gasteiger partial charge in [-0.2, -0.15) is 0 Å². The van der Waals surface area contributed by atoms with E-state index in [1.54, 1.807) is 7.05 Å². The van der Waals surface area contributed by atoms with Crippen LogP contribution in [-0.4, -0.2) is 32.3 Å². The molecule has 2 rings (SSSR count). The predicted octanol–water partition coefficient (Wildman–Crippen LogP) is 3.82. The van der Waals surface area contributed by atoms with Crippen LogP contribution in [0.25, 0.3) is 0 Å². The van der Waals surface area contributed by atoms with Crippen LogP contribution in [0.3, 0.4) is 0 Å². The van der Waals surface area contributed by atoms with Gasteiger partial charge in [-0.05, 0) is 37.0 Å². The number of benzene rings is 1. The SMILES string of the molecule is CCC(CC)c1cc(CNC(=NC)NCc2ccc(C)cc2N(C)C)on1. The highest BCUT2D eigenvalue weighted by Gasteiger charge is 2.13. The second-order valence-corrected chi connectivity index (χ2v) is 7.04. The van der Waals surface area contributed by atoms with Gasteiger partial charge in [0.2, 0.25) is 0 Å². The summed E-state index contributed by atoms with van der Waals surface area (Å²) in [5.41, 5.74) is 4.73. The molecule has 0 saturated heterocycles. The van der Waals surface area contributed by atoms with E-state index in [1.807, 2.05) is 6.07 Å². The molecule has 0 bridgehead atoms. The minimum absolute atomic E-state index is 0.464. The predicted molar refractivity (Wildman–Crippen MR) is 112 cm³/mol. The van der Waals surface area contributed by atoms with Crippen LogP contribution in [0.15, 0.2) is 33.8 Å². The van der Waals surface area contributed by atoms with Gasteiger partial charge in [0.15, 0.2) is 11.7 Å². The average Bonchev–Trinajstić information content (AvgIpc) is 3.12. The molecular weight excluding hydrogens is 338 g/mol. The Morgan fingerprint density at radius 1 is 1.15 bits per heavy atom. The molecule has 0 unspecified atom stereocenters. The van der Waals surface area contributed by atoms with Gasteiger partial charge in [0, 0.05) is 45.4 Å². The van der Waals surface area contributed by atoms with E-state index < -0.39 is 0 Å². The van der Waals surface area contributed by atoms with Crippen LogP contribution in [0.4, 0.5) is 5.69 Å². The molecule has 0 atom stereocenters. The maximum atomic E-state index is 5.47. The molecule has 0 fully saturated rings. The Balaban J connectivity index is 1.94. The third-order valence-corrected chi connectivity index (χ3v) is 4.80. The monoisotopic (exact) mass is 371 g/mol. The molecule has 2 N–H and O–H groups in total. The van der Waals surface area contributed by atoms with E-state index in [2.05, 4.69) is 78.7 Å². The number of aryl methyl sites for hydroxylation is 1. The normalized spacial score (nSPS) is 11.7. The summed E-state index contributed by atoms with van der Waals surface area (Å²) in [5, 5.41) is 10.9. The van der Waals surface area contributed by atoms with Gasteiger partial charge in [-0.25, -0.2) is 0 Å². The Hall–Kier alpha value is -2.50.